The third-order valence-electron chi connectivity index (χ3n) is 4.69. The van der Waals surface area contributed by atoms with Gasteiger partial charge in [0.15, 0.2) is 0 Å². The Hall–Kier alpha value is -1.96. The van der Waals surface area contributed by atoms with Crippen LogP contribution in [0, 0.1) is 28.1 Å². The van der Waals surface area contributed by atoms with Gasteiger partial charge in [-0.05, 0) is 33.3 Å². The normalized spacial score (nSPS) is 22.0. The van der Waals surface area contributed by atoms with Crippen molar-refractivity contribution in [1.29, 1.82) is 10.5 Å². The second-order valence-corrected chi connectivity index (χ2v) is 5.89. The summed E-state index contributed by atoms with van der Waals surface area (Å²) in [6, 6.07) is 13.7. The third-order valence-corrected chi connectivity index (χ3v) is 4.69. The standard InChI is InChI=1S/C20H26N2O4/c1-5-23-19(24-6-2)17(16-12-10-9-11-13-16)18(14-21,15-22)20(19,25-7-3)26-8-4/h9-13,17H,5-8H2,1-4H3/t17-/m0/s1. The molecule has 1 aliphatic carbocycles. The lowest BCUT2D eigenvalue weighted by molar-refractivity contribution is -0.496. The van der Waals surface area contributed by atoms with Gasteiger partial charge >= 0.3 is 0 Å². The summed E-state index contributed by atoms with van der Waals surface area (Å²) in [5, 5.41) is 20.2. The molecule has 6 heteroatoms. The number of ether oxygens (including phenoxy) is 4. The van der Waals surface area contributed by atoms with Crippen LogP contribution in [0.15, 0.2) is 30.3 Å². The molecule has 1 aromatic carbocycles. The molecule has 0 amide bonds. The summed E-state index contributed by atoms with van der Waals surface area (Å²) >= 11 is 0. The number of nitrogens with zero attached hydrogens (tertiary/aromatic N) is 2. The topological polar surface area (TPSA) is 84.5 Å². The largest absolute Gasteiger partial charge is 0.345 e. The Labute approximate surface area is 155 Å². The molecule has 0 spiro atoms. The lowest BCUT2D eigenvalue weighted by Gasteiger charge is -2.66. The highest BCUT2D eigenvalue weighted by Gasteiger charge is 2.87. The fourth-order valence-corrected chi connectivity index (χ4v) is 3.98. The summed E-state index contributed by atoms with van der Waals surface area (Å²) in [5.41, 5.74) is -0.836. The SMILES string of the molecule is CCOC1(OCC)[C@@H](c2ccccc2)C(C#N)(C#N)C1(OCC)OCC. The monoisotopic (exact) mass is 358 g/mol. The first kappa shape index (κ1) is 20.4. The number of hydrogen-bond acceptors (Lipinski definition) is 6. The van der Waals surface area contributed by atoms with Gasteiger partial charge in [0.25, 0.3) is 5.79 Å². The van der Waals surface area contributed by atoms with Gasteiger partial charge in [-0.25, -0.2) is 0 Å². The first-order chi connectivity index (χ1) is 12.6. The Morgan fingerprint density at radius 2 is 1.27 bits per heavy atom. The summed E-state index contributed by atoms with van der Waals surface area (Å²) in [7, 11) is 0. The molecular weight excluding hydrogens is 332 g/mol. The van der Waals surface area contributed by atoms with E-state index in [9.17, 15) is 10.5 Å². The third kappa shape index (κ3) is 2.53. The van der Waals surface area contributed by atoms with Gasteiger partial charge in [-0.2, -0.15) is 10.5 Å². The molecule has 140 valence electrons. The van der Waals surface area contributed by atoms with Crippen LogP contribution in [0.1, 0.15) is 39.2 Å². The van der Waals surface area contributed by atoms with E-state index in [0.717, 1.165) is 5.56 Å². The molecule has 0 unspecified atom stereocenters. The maximum atomic E-state index is 10.1. The molecule has 0 N–H and O–H groups in total. The lowest BCUT2D eigenvalue weighted by atomic mass is 9.49. The van der Waals surface area contributed by atoms with Gasteiger partial charge in [-0.15, -0.1) is 0 Å². The summed E-state index contributed by atoms with van der Waals surface area (Å²) in [6.07, 6.45) is 0. The summed E-state index contributed by atoms with van der Waals surface area (Å²) in [5.74, 6) is -3.71. The second kappa shape index (κ2) is 8.16. The molecule has 0 aromatic heterocycles. The van der Waals surface area contributed by atoms with Gasteiger partial charge in [-0.3, -0.25) is 0 Å². The van der Waals surface area contributed by atoms with Gasteiger partial charge in [0.05, 0.1) is 18.1 Å². The number of nitriles is 2. The quantitative estimate of drug-likeness (QED) is 0.629. The van der Waals surface area contributed by atoms with Gasteiger partial charge < -0.3 is 18.9 Å². The van der Waals surface area contributed by atoms with Crippen LogP contribution in [0.2, 0.25) is 0 Å². The first-order valence-electron chi connectivity index (χ1n) is 9.02. The molecule has 1 aromatic rings. The van der Waals surface area contributed by atoms with Crippen LogP contribution in [0.3, 0.4) is 0 Å². The van der Waals surface area contributed by atoms with Crippen LogP contribution in [-0.4, -0.2) is 38.0 Å². The zero-order valence-corrected chi connectivity index (χ0v) is 15.8. The van der Waals surface area contributed by atoms with Crippen molar-refractivity contribution in [2.45, 2.75) is 45.2 Å². The van der Waals surface area contributed by atoms with Crippen LogP contribution in [0.25, 0.3) is 0 Å². The fourth-order valence-electron chi connectivity index (χ4n) is 3.98. The van der Waals surface area contributed by atoms with Crippen molar-refractivity contribution < 1.29 is 18.9 Å². The van der Waals surface area contributed by atoms with E-state index in [1.165, 1.54) is 0 Å². The molecule has 0 saturated heterocycles. The zero-order valence-electron chi connectivity index (χ0n) is 15.8. The Morgan fingerprint density at radius 1 is 0.808 bits per heavy atom. The number of hydrogen-bond donors (Lipinski definition) is 0. The number of benzene rings is 1. The summed E-state index contributed by atoms with van der Waals surface area (Å²) in [6.45, 7) is 8.38. The van der Waals surface area contributed by atoms with E-state index in [0.29, 0.717) is 13.2 Å². The van der Waals surface area contributed by atoms with E-state index >= 15 is 0 Å². The average molecular weight is 358 g/mol. The van der Waals surface area contributed by atoms with Crippen LogP contribution in [0.4, 0.5) is 0 Å². The zero-order chi connectivity index (χ0) is 19.3. The Kier molecular flexibility index (Phi) is 6.39. The van der Waals surface area contributed by atoms with Crippen LogP contribution < -0.4 is 0 Å². The summed E-state index contributed by atoms with van der Waals surface area (Å²) in [4.78, 5) is 0. The molecule has 1 atom stereocenters. The Morgan fingerprint density at radius 3 is 1.65 bits per heavy atom. The maximum absolute atomic E-state index is 10.1. The molecule has 1 saturated carbocycles. The predicted molar refractivity (Wildman–Crippen MR) is 94.8 cm³/mol. The Balaban J connectivity index is 2.78. The smallest absolute Gasteiger partial charge is 0.258 e. The molecule has 2 rings (SSSR count). The molecule has 1 fully saturated rings. The van der Waals surface area contributed by atoms with Crippen molar-refractivity contribution in [3.8, 4) is 12.1 Å². The average Bonchev–Trinajstić information content (AvgIpc) is 2.66. The van der Waals surface area contributed by atoms with E-state index in [1.807, 2.05) is 44.2 Å². The van der Waals surface area contributed by atoms with E-state index in [1.54, 1.807) is 13.8 Å². The Bertz CT molecular complexity index is 651. The molecule has 0 radical (unpaired) electrons. The van der Waals surface area contributed by atoms with Crippen molar-refractivity contribution in [1.82, 2.24) is 0 Å². The lowest BCUT2D eigenvalue weighted by Crippen LogP contribution is -2.83. The molecule has 1 aliphatic rings. The van der Waals surface area contributed by atoms with Gasteiger partial charge in [0, 0.05) is 26.4 Å². The molecule has 26 heavy (non-hydrogen) atoms. The van der Waals surface area contributed by atoms with Crippen LogP contribution in [0.5, 0.6) is 0 Å². The van der Waals surface area contributed by atoms with Gasteiger partial charge in [0.2, 0.25) is 11.2 Å². The van der Waals surface area contributed by atoms with E-state index in [2.05, 4.69) is 12.1 Å². The summed E-state index contributed by atoms with van der Waals surface area (Å²) < 4.78 is 24.1. The molecule has 0 aliphatic heterocycles. The van der Waals surface area contributed by atoms with Crippen molar-refractivity contribution >= 4 is 0 Å². The highest BCUT2D eigenvalue weighted by molar-refractivity contribution is 5.47. The van der Waals surface area contributed by atoms with Crippen LogP contribution in [-0.2, 0) is 18.9 Å². The molecule has 0 bridgehead atoms. The second-order valence-electron chi connectivity index (χ2n) is 5.89. The van der Waals surface area contributed by atoms with Crippen LogP contribution >= 0.6 is 0 Å². The molecular formula is C20H26N2O4. The van der Waals surface area contributed by atoms with E-state index in [4.69, 9.17) is 18.9 Å². The minimum atomic E-state index is -1.64. The molecule has 6 nitrogen and oxygen atoms in total. The minimum Gasteiger partial charge on any atom is -0.345 e. The number of rotatable bonds is 9. The minimum absolute atomic E-state index is 0.245. The fraction of sp³-hybridized carbons (Fsp3) is 0.600. The highest BCUT2D eigenvalue weighted by atomic mass is 16.8. The van der Waals surface area contributed by atoms with Gasteiger partial charge in [-0.1, -0.05) is 30.3 Å². The van der Waals surface area contributed by atoms with Crippen molar-refractivity contribution in [3.05, 3.63) is 35.9 Å². The van der Waals surface area contributed by atoms with E-state index in [-0.39, 0.29) is 13.2 Å². The predicted octanol–water partition coefficient (Wildman–Crippen LogP) is 3.36. The van der Waals surface area contributed by atoms with Crippen molar-refractivity contribution in [2.24, 2.45) is 5.41 Å². The highest BCUT2D eigenvalue weighted by Crippen LogP contribution is 2.69. The van der Waals surface area contributed by atoms with Gasteiger partial charge in [0.1, 0.15) is 0 Å². The first-order valence-corrected chi connectivity index (χ1v) is 9.02. The molecule has 0 heterocycles. The van der Waals surface area contributed by atoms with Crippen molar-refractivity contribution in [2.75, 3.05) is 26.4 Å². The van der Waals surface area contributed by atoms with Crippen molar-refractivity contribution in [3.63, 3.8) is 0 Å². The van der Waals surface area contributed by atoms with E-state index < -0.39 is 22.9 Å². The maximum Gasteiger partial charge on any atom is 0.258 e.